The van der Waals surface area contributed by atoms with Crippen LogP contribution in [-0.2, 0) is 6.42 Å². The molecule has 2 aromatic carbocycles. The molecule has 0 aromatic heterocycles. The van der Waals surface area contributed by atoms with Gasteiger partial charge in [-0.2, -0.15) is 0 Å². The fourth-order valence-electron chi connectivity index (χ4n) is 1.82. The second kappa shape index (κ2) is 6.21. The van der Waals surface area contributed by atoms with E-state index in [1.165, 1.54) is 18.2 Å². The van der Waals surface area contributed by atoms with E-state index in [0.29, 0.717) is 15.6 Å². The molecule has 0 aliphatic rings. The van der Waals surface area contributed by atoms with Crippen LogP contribution in [0.3, 0.4) is 0 Å². The third-order valence-electron chi connectivity index (χ3n) is 2.76. The van der Waals surface area contributed by atoms with Gasteiger partial charge >= 0.3 is 0 Å². The zero-order valence-corrected chi connectivity index (χ0v) is 12.7. The molecule has 0 spiro atoms. The molecule has 0 saturated carbocycles. The van der Waals surface area contributed by atoms with Crippen LogP contribution >= 0.6 is 39.1 Å². The van der Waals surface area contributed by atoms with E-state index < -0.39 is 17.0 Å². The Morgan fingerprint density at radius 2 is 1.68 bits per heavy atom. The van der Waals surface area contributed by atoms with Crippen LogP contribution in [0.4, 0.5) is 8.78 Å². The summed E-state index contributed by atoms with van der Waals surface area (Å²) in [4.78, 5) is 0. The van der Waals surface area contributed by atoms with Crippen LogP contribution in [-0.4, -0.2) is 0 Å². The maximum atomic E-state index is 13.8. The number of hydrogen-bond acceptors (Lipinski definition) is 0. The van der Waals surface area contributed by atoms with Gasteiger partial charge in [0.15, 0.2) is 0 Å². The van der Waals surface area contributed by atoms with Crippen LogP contribution in [0.15, 0.2) is 40.9 Å². The van der Waals surface area contributed by atoms with E-state index in [1.807, 2.05) is 0 Å². The van der Waals surface area contributed by atoms with Crippen LogP contribution in [0.5, 0.6) is 0 Å². The summed E-state index contributed by atoms with van der Waals surface area (Å²) in [5, 5.41) is -0.414. The predicted molar refractivity (Wildman–Crippen MR) is 77.8 cm³/mol. The molecule has 5 heteroatoms. The lowest BCUT2D eigenvalue weighted by molar-refractivity contribution is 0.590. The van der Waals surface area contributed by atoms with Gasteiger partial charge in [0, 0.05) is 20.6 Å². The predicted octanol–water partition coefficient (Wildman–Crippen LogP) is 5.90. The third kappa shape index (κ3) is 3.28. The van der Waals surface area contributed by atoms with Gasteiger partial charge in [0.2, 0.25) is 0 Å². The molecule has 0 saturated heterocycles. The fraction of sp³-hybridized carbons (Fsp3) is 0.143. The third-order valence-corrected chi connectivity index (χ3v) is 4.18. The highest BCUT2D eigenvalue weighted by Gasteiger charge is 2.19. The van der Waals surface area contributed by atoms with Gasteiger partial charge in [0.05, 0.1) is 5.38 Å². The monoisotopic (exact) mass is 364 g/mol. The minimum Gasteiger partial charge on any atom is -0.207 e. The van der Waals surface area contributed by atoms with Crippen molar-refractivity contribution in [2.24, 2.45) is 0 Å². The molecule has 0 heterocycles. The Hall–Kier alpha value is -0.640. The minimum absolute atomic E-state index is 0.118. The van der Waals surface area contributed by atoms with Crippen LogP contribution in [0, 0.1) is 11.6 Å². The van der Waals surface area contributed by atoms with Gasteiger partial charge in [-0.05, 0) is 30.7 Å². The largest absolute Gasteiger partial charge is 0.207 e. The van der Waals surface area contributed by atoms with E-state index >= 15 is 0 Å². The Morgan fingerprint density at radius 3 is 2.32 bits per heavy atom. The first-order valence-electron chi connectivity index (χ1n) is 5.51. The molecule has 0 nitrogen and oxygen atoms in total. The smallest absolute Gasteiger partial charge is 0.129 e. The van der Waals surface area contributed by atoms with E-state index in [0.717, 1.165) is 0 Å². The number of alkyl halides is 1. The highest BCUT2D eigenvalue weighted by Crippen LogP contribution is 2.35. The minimum atomic E-state index is -0.704. The molecule has 0 radical (unpaired) electrons. The maximum Gasteiger partial charge on any atom is 0.129 e. The van der Waals surface area contributed by atoms with E-state index in [-0.39, 0.29) is 11.4 Å². The Balaban J connectivity index is 2.34. The second-order valence-corrected chi connectivity index (χ2v) is 5.80. The van der Waals surface area contributed by atoms with Crippen molar-refractivity contribution in [3.05, 3.63) is 68.7 Å². The highest BCUT2D eigenvalue weighted by atomic mass is 79.9. The molecule has 2 rings (SSSR count). The summed E-state index contributed by atoms with van der Waals surface area (Å²) in [6, 6.07) is 8.99. The van der Waals surface area contributed by atoms with Crippen LogP contribution < -0.4 is 0 Å². The lowest BCUT2D eigenvalue weighted by Crippen LogP contribution is -2.02. The van der Waals surface area contributed by atoms with E-state index in [1.54, 1.807) is 18.2 Å². The molecule has 0 N–H and O–H groups in total. The van der Waals surface area contributed by atoms with Crippen LogP contribution in [0.25, 0.3) is 0 Å². The molecule has 0 aliphatic carbocycles. The number of hydrogen-bond donors (Lipinski definition) is 0. The average molecular weight is 366 g/mol. The molecular weight excluding hydrogens is 357 g/mol. The highest BCUT2D eigenvalue weighted by molar-refractivity contribution is 9.10. The van der Waals surface area contributed by atoms with Gasteiger partial charge in [-0.1, -0.05) is 39.7 Å². The first-order chi connectivity index (χ1) is 9.00. The van der Waals surface area contributed by atoms with Crippen molar-refractivity contribution in [2.45, 2.75) is 11.8 Å². The first-order valence-corrected chi connectivity index (χ1v) is 7.12. The topological polar surface area (TPSA) is 0 Å². The summed E-state index contributed by atoms with van der Waals surface area (Å²) >= 11 is 15.4. The van der Waals surface area contributed by atoms with Crippen molar-refractivity contribution >= 4 is 39.1 Å². The molecule has 0 amide bonds. The van der Waals surface area contributed by atoms with Gasteiger partial charge in [0.1, 0.15) is 11.6 Å². The summed E-state index contributed by atoms with van der Waals surface area (Å²) in [5.41, 5.74) is 0.600. The Kier molecular flexibility index (Phi) is 4.82. The zero-order chi connectivity index (χ0) is 14.0. The van der Waals surface area contributed by atoms with Crippen molar-refractivity contribution in [2.75, 3.05) is 0 Å². The molecular formula is C14H9BrCl2F2. The molecule has 19 heavy (non-hydrogen) atoms. The normalized spacial score (nSPS) is 12.5. The quantitative estimate of drug-likeness (QED) is 0.593. The molecule has 0 fully saturated rings. The van der Waals surface area contributed by atoms with Crippen molar-refractivity contribution in [3.63, 3.8) is 0 Å². The maximum absolute atomic E-state index is 13.8. The van der Waals surface area contributed by atoms with Gasteiger partial charge in [-0.3, -0.25) is 0 Å². The van der Waals surface area contributed by atoms with Gasteiger partial charge in [-0.25, -0.2) is 8.78 Å². The fourth-order valence-corrected chi connectivity index (χ4v) is 3.18. The van der Waals surface area contributed by atoms with Gasteiger partial charge in [0.25, 0.3) is 0 Å². The molecule has 0 aliphatic heterocycles. The Labute approximate surface area is 128 Å². The van der Waals surface area contributed by atoms with Crippen LogP contribution in [0.1, 0.15) is 16.5 Å². The van der Waals surface area contributed by atoms with E-state index in [2.05, 4.69) is 15.9 Å². The second-order valence-electron chi connectivity index (χ2n) is 4.01. The lowest BCUT2D eigenvalue weighted by Gasteiger charge is -2.14. The van der Waals surface area contributed by atoms with E-state index in [9.17, 15) is 8.78 Å². The number of rotatable bonds is 3. The Morgan fingerprint density at radius 1 is 1.05 bits per heavy atom. The summed E-state index contributed by atoms with van der Waals surface area (Å²) < 4.78 is 28.0. The Bertz CT molecular complexity index is 561. The van der Waals surface area contributed by atoms with Crippen molar-refractivity contribution in [1.29, 1.82) is 0 Å². The average Bonchev–Trinajstić information content (AvgIpc) is 2.34. The van der Waals surface area contributed by atoms with E-state index in [4.69, 9.17) is 23.2 Å². The van der Waals surface area contributed by atoms with Crippen molar-refractivity contribution < 1.29 is 8.78 Å². The van der Waals surface area contributed by atoms with Crippen molar-refractivity contribution in [1.82, 2.24) is 0 Å². The number of benzene rings is 2. The summed E-state index contributed by atoms with van der Waals surface area (Å²) in [6.45, 7) is 0. The van der Waals surface area contributed by atoms with Crippen molar-refractivity contribution in [3.8, 4) is 0 Å². The van der Waals surface area contributed by atoms with Gasteiger partial charge in [-0.15, -0.1) is 11.6 Å². The molecule has 100 valence electrons. The standard InChI is InChI=1S/C14H9BrCl2F2/c15-9-3-1-6-13(19)14(9)11(17)7-8-10(16)4-2-5-12(8)18/h1-6,11H,7H2. The first kappa shape index (κ1) is 14.8. The van der Waals surface area contributed by atoms with Gasteiger partial charge < -0.3 is 0 Å². The summed E-state index contributed by atoms with van der Waals surface area (Å²) in [7, 11) is 0. The summed E-state index contributed by atoms with van der Waals surface area (Å²) in [6.07, 6.45) is 0.118. The lowest BCUT2D eigenvalue weighted by atomic mass is 10.0. The zero-order valence-electron chi connectivity index (χ0n) is 9.64. The molecule has 0 bridgehead atoms. The number of halogens is 5. The molecule has 2 aromatic rings. The SMILES string of the molecule is Fc1cccc(Cl)c1CC(Cl)c1c(F)cccc1Br. The summed E-state index contributed by atoms with van der Waals surface area (Å²) in [5.74, 6) is -0.868. The molecule has 1 atom stereocenters. The van der Waals surface area contributed by atoms with Crippen LogP contribution in [0.2, 0.25) is 5.02 Å². The molecule has 1 unspecified atom stereocenters.